The molecular weight excluding hydrogens is 335 g/mol. The Morgan fingerprint density at radius 3 is 2.58 bits per heavy atom. The fourth-order valence-corrected chi connectivity index (χ4v) is 1.28. The van der Waals surface area contributed by atoms with Crippen LogP contribution < -0.4 is 9.47 Å². The molecule has 0 saturated heterocycles. The first kappa shape index (κ1) is 15.5. The van der Waals surface area contributed by atoms with Crippen LogP contribution in [-0.2, 0) is 0 Å². The molecule has 1 rings (SSSR count). The number of rotatable bonds is 5. The average molecular weight is 344 g/mol. The maximum atomic E-state index is 12.3. The van der Waals surface area contributed by atoms with Gasteiger partial charge in [-0.05, 0) is 6.07 Å². The van der Waals surface area contributed by atoms with E-state index in [1.165, 1.54) is 13.2 Å². The second kappa shape index (κ2) is 6.09. The molecule has 0 aliphatic heterocycles. The molecule has 5 nitrogen and oxygen atoms in total. The highest BCUT2D eigenvalue weighted by atomic mass is 79.9. The van der Waals surface area contributed by atoms with E-state index >= 15 is 0 Å². The van der Waals surface area contributed by atoms with Crippen LogP contribution in [0.4, 0.5) is 18.9 Å². The van der Waals surface area contributed by atoms with Gasteiger partial charge in [0.1, 0.15) is 17.2 Å². The van der Waals surface area contributed by atoms with Crippen molar-refractivity contribution in [2.75, 3.05) is 13.7 Å². The maximum Gasteiger partial charge on any atom is 0.404 e. The van der Waals surface area contributed by atoms with E-state index in [9.17, 15) is 23.3 Å². The minimum Gasteiger partial charge on any atom is -0.497 e. The van der Waals surface area contributed by atoms with Gasteiger partial charge in [0.25, 0.3) is 0 Å². The van der Waals surface area contributed by atoms with Gasteiger partial charge in [-0.1, -0.05) is 15.9 Å². The molecule has 0 N–H and O–H groups in total. The SMILES string of the molecule is COc1ccc([N+](=O)[O-])c(OCC(Br)C(F)(F)F)c1. The van der Waals surface area contributed by atoms with E-state index < -0.39 is 28.2 Å². The minimum atomic E-state index is -4.49. The van der Waals surface area contributed by atoms with Crippen LogP contribution in [0.5, 0.6) is 11.5 Å². The van der Waals surface area contributed by atoms with Gasteiger partial charge >= 0.3 is 11.9 Å². The summed E-state index contributed by atoms with van der Waals surface area (Å²) >= 11 is 2.40. The Morgan fingerprint density at radius 1 is 1.47 bits per heavy atom. The van der Waals surface area contributed by atoms with Gasteiger partial charge in [-0.3, -0.25) is 10.1 Å². The fourth-order valence-electron chi connectivity index (χ4n) is 1.15. The van der Waals surface area contributed by atoms with Gasteiger partial charge in [0, 0.05) is 12.1 Å². The molecule has 0 aliphatic rings. The van der Waals surface area contributed by atoms with E-state index in [0.29, 0.717) is 0 Å². The van der Waals surface area contributed by atoms with Crippen LogP contribution in [-0.4, -0.2) is 29.6 Å². The minimum absolute atomic E-state index is 0.249. The number of methoxy groups -OCH3 is 1. The number of alkyl halides is 4. The van der Waals surface area contributed by atoms with Gasteiger partial charge in [-0.15, -0.1) is 0 Å². The molecule has 0 amide bonds. The lowest BCUT2D eigenvalue weighted by atomic mass is 10.3. The van der Waals surface area contributed by atoms with Crippen LogP contribution in [0.15, 0.2) is 18.2 Å². The quantitative estimate of drug-likeness (QED) is 0.467. The van der Waals surface area contributed by atoms with Crippen LogP contribution in [0, 0.1) is 10.1 Å². The molecule has 19 heavy (non-hydrogen) atoms. The number of benzene rings is 1. The zero-order valence-electron chi connectivity index (χ0n) is 9.61. The summed E-state index contributed by atoms with van der Waals surface area (Å²) in [5, 5.41) is 10.7. The number of hydrogen-bond acceptors (Lipinski definition) is 4. The highest BCUT2D eigenvalue weighted by Crippen LogP contribution is 2.33. The summed E-state index contributed by atoms with van der Waals surface area (Å²) in [5.74, 6) is -0.0308. The van der Waals surface area contributed by atoms with Gasteiger partial charge in [-0.25, -0.2) is 0 Å². The third kappa shape index (κ3) is 4.27. The lowest BCUT2D eigenvalue weighted by molar-refractivity contribution is -0.385. The summed E-state index contributed by atoms with van der Waals surface area (Å²) in [6.07, 6.45) is -4.49. The Morgan fingerprint density at radius 2 is 2.11 bits per heavy atom. The Labute approximate surface area is 114 Å². The van der Waals surface area contributed by atoms with Crippen molar-refractivity contribution in [1.29, 1.82) is 0 Å². The molecule has 1 atom stereocenters. The summed E-state index contributed by atoms with van der Waals surface area (Å²) in [4.78, 5) is 8.06. The Kier molecular flexibility index (Phi) is 4.98. The smallest absolute Gasteiger partial charge is 0.404 e. The summed E-state index contributed by atoms with van der Waals surface area (Å²) in [5.41, 5.74) is -0.428. The molecule has 0 fully saturated rings. The lowest BCUT2D eigenvalue weighted by Gasteiger charge is -2.15. The first-order valence-corrected chi connectivity index (χ1v) is 5.83. The van der Waals surface area contributed by atoms with Gasteiger partial charge in [0.2, 0.25) is 5.75 Å². The largest absolute Gasteiger partial charge is 0.497 e. The van der Waals surface area contributed by atoms with E-state index in [1.54, 1.807) is 0 Å². The second-order valence-corrected chi connectivity index (χ2v) is 4.52. The van der Waals surface area contributed by atoms with Crippen molar-refractivity contribution in [2.24, 2.45) is 0 Å². The first-order valence-electron chi connectivity index (χ1n) is 4.91. The van der Waals surface area contributed by atoms with Crippen molar-refractivity contribution in [3.8, 4) is 11.5 Å². The molecule has 0 spiro atoms. The van der Waals surface area contributed by atoms with E-state index in [-0.39, 0.29) is 11.5 Å². The number of nitrogens with zero attached hydrogens (tertiary/aromatic N) is 1. The maximum absolute atomic E-state index is 12.3. The summed E-state index contributed by atoms with van der Waals surface area (Å²) in [6.45, 7) is -0.780. The van der Waals surface area contributed by atoms with Crippen molar-refractivity contribution >= 4 is 21.6 Å². The normalized spacial score (nSPS) is 12.9. The highest BCUT2D eigenvalue weighted by molar-refractivity contribution is 9.09. The molecule has 1 unspecified atom stereocenters. The summed E-state index contributed by atoms with van der Waals surface area (Å²) in [6, 6.07) is 3.58. The number of ether oxygens (including phenoxy) is 2. The third-order valence-electron chi connectivity index (χ3n) is 2.10. The van der Waals surface area contributed by atoms with Gasteiger partial charge in [-0.2, -0.15) is 13.2 Å². The van der Waals surface area contributed by atoms with Crippen molar-refractivity contribution in [1.82, 2.24) is 0 Å². The van der Waals surface area contributed by atoms with Gasteiger partial charge < -0.3 is 9.47 Å². The molecular formula is C10H9BrF3NO4. The number of hydrogen-bond donors (Lipinski definition) is 0. The van der Waals surface area contributed by atoms with Gasteiger partial charge in [0.05, 0.1) is 12.0 Å². The monoisotopic (exact) mass is 343 g/mol. The number of nitro groups is 1. The Balaban J connectivity index is 2.89. The highest BCUT2D eigenvalue weighted by Gasteiger charge is 2.38. The molecule has 0 heterocycles. The number of halogens is 4. The molecule has 1 aromatic carbocycles. The lowest BCUT2D eigenvalue weighted by Crippen LogP contribution is -2.29. The predicted octanol–water partition coefficient (Wildman–Crippen LogP) is 3.31. The van der Waals surface area contributed by atoms with Gasteiger partial charge in [0.15, 0.2) is 0 Å². The predicted molar refractivity (Wildman–Crippen MR) is 63.9 cm³/mol. The van der Waals surface area contributed by atoms with Crippen molar-refractivity contribution in [3.05, 3.63) is 28.3 Å². The second-order valence-electron chi connectivity index (χ2n) is 3.41. The van der Waals surface area contributed by atoms with Crippen molar-refractivity contribution < 1.29 is 27.6 Å². The van der Waals surface area contributed by atoms with Crippen LogP contribution in [0.3, 0.4) is 0 Å². The molecule has 0 bridgehead atoms. The van der Waals surface area contributed by atoms with Crippen molar-refractivity contribution in [2.45, 2.75) is 11.0 Å². The summed E-state index contributed by atoms with van der Waals surface area (Å²) < 4.78 is 46.5. The molecule has 106 valence electrons. The Hall–Kier alpha value is -1.51. The van der Waals surface area contributed by atoms with Crippen LogP contribution in [0.2, 0.25) is 0 Å². The van der Waals surface area contributed by atoms with E-state index in [0.717, 1.165) is 12.1 Å². The molecule has 0 radical (unpaired) electrons. The van der Waals surface area contributed by atoms with Crippen LogP contribution in [0.1, 0.15) is 0 Å². The van der Waals surface area contributed by atoms with Crippen LogP contribution in [0.25, 0.3) is 0 Å². The molecule has 0 aromatic heterocycles. The van der Waals surface area contributed by atoms with E-state index in [2.05, 4.69) is 15.9 Å². The zero-order valence-corrected chi connectivity index (χ0v) is 11.2. The molecule has 0 aliphatic carbocycles. The topological polar surface area (TPSA) is 61.6 Å². The standard InChI is InChI=1S/C10H9BrF3NO4/c1-18-6-2-3-7(15(16)17)8(4-6)19-5-9(11)10(12,13)14/h2-4,9H,5H2,1H3. The molecule has 0 saturated carbocycles. The number of nitro benzene ring substituents is 1. The first-order chi connectivity index (χ1) is 8.75. The molecule has 9 heteroatoms. The Bertz CT molecular complexity index is 467. The third-order valence-corrected chi connectivity index (χ3v) is 2.89. The zero-order chi connectivity index (χ0) is 14.6. The average Bonchev–Trinajstić information content (AvgIpc) is 2.33. The van der Waals surface area contributed by atoms with E-state index in [4.69, 9.17) is 9.47 Å². The van der Waals surface area contributed by atoms with Crippen molar-refractivity contribution in [3.63, 3.8) is 0 Å². The van der Waals surface area contributed by atoms with Crippen LogP contribution >= 0.6 is 15.9 Å². The van der Waals surface area contributed by atoms with E-state index in [1.807, 2.05) is 0 Å². The molecule has 1 aromatic rings. The fraction of sp³-hybridized carbons (Fsp3) is 0.400. The summed E-state index contributed by atoms with van der Waals surface area (Å²) in [7, 11) is 1.33.